The van der Waals surface area contributed by atoms with Crippen LogP contribution >= 0.6 is 0 Å². The van der Waals surface area contributed by atoms with E-state index in [0.717, 1.165) is 44.1 Å². The van der Waals surface area contributed by atoms with Crippen molar-refractivity contribution in [2.75, 3.05) is 26.3 Å². The summed E-state index contributed by atoms with van der Waals surface area (Å²) in [5, 5.41) is 12.0. The van der Waals surface area contributed by atoms with E-state index in [-0.39, 0.29) is 29.4 Å². The molecular weight excluding hydrogens is 483 g/mol. The van der Waals surface area contributed by atoms with E-state index >= 15 is 0 Å². The third kappa shape index (κ3) is 9.48. The fraction of sp³-hybridized carbons (Fsp3) is 0.450. The number of halogens is 3. The van der Waals surface area contributed by atoms with Crippen LogP contribution in [-0.4, -0.2) is 67.3 Å². The van der Waals surface area contributed by atoms with Crippen LogP contribution in [0.2, 0.25) is 0 Å². The van der Waals surface area contributed by atoms with E-state index in [2.05, 4.69) is 20.9 Å². The molecule has 12 nitrogen and oxygen atoms in total. The number of carbonyl (C=O) groups is 5. The number of carboxylic acid groups (broad SMARTS) is 1. The summed E-state index contributed by atoms with van der Waals surface area (Å²) >= 11 is 0. The van der Waals surface area contributed by atoms with Gasteiger partial charge in [0.25, 0.3) is 5.91 Å². The monoisotopic (exact) mass is 505 g/mol. The summed E-state index contributed by atoms with van der Waals surface area (Å²) in [6.45, 7) is -0.433. The highest BCUT2D eigenvalue weighted by atomic mass is 19.4. The van der Waals surface area contributed by atoms with Gasteiger partial charge in [0.15, 0.2) is 24.7 Å². The molecule has 1 saturated heterocycles. The first-order valence-electron chi connectivity index (χ1n) is 10.2. The quantitative estimate of drug-likeness (QED) is 0.208. The standard InChI is InChI=1S/C20H22F3N3O9/c21-20(22,23)19(32)35-17(30)10-34-13-2-1-12(8-14(13)33-9-16(28)29)18(31)26-25-15(27)7-11-3-5-24-6-4-11/h1-2,8,11,24H,3-7,9-10H2,(H,25,27)(H,26,31)(H,28,29). The van der Waals surface area contributed by atoms with Gasteiger partial charge in [0.2, 0.25) is 5.91 Å². The molecule has 0 aliphatic carbocycles. The second-order valence-corrected chi connectivity index (χ2v) is 7.29. The van der Waals surface area contributed by atoms with Crippen molar-refractivity contribution in [1.29, 1.82) is 0 Å². The van der Waals surface area contributed by atoms with E-state index in [0.29, 0.717) is 0 Å². The predicted molar refractivity (Wildman–Crippen MR) is 108 cm³/mol. The van der Waals surface area contributed by atoms with Gasteiger partial charge in [-0.25, -0.2) is 14.4 Å². The van der Waals surface area contributed by atoms with Crippen molar-refractivity contribution in [2.24, 2.45) is 5.92 Å². The number of aliphatic carboxylic acids is 1. The molecule has 4 N–H and O–H groups in total. The average Bonchev–Trinajstić information content (AvgIpc) is 2.80. The molecule has 1 aliphatic heterocycles. The van der Waals surface area contributed by atoms with Crippen LogP contribution in [0.25, 0.3) is 0 Å². The van der Waals surface area contributed by atoms with Crippen LogP contribution in [0.4, 0.5) is 13.2 Å². The third-order valence-electron chi connectivity index (χ3n) is 4.59. The van der Waals surface area contributed by atoms with Crippen molar-refractivity contribution in [2.45, 2.75) is 25.4 Å². The molecule has 35 heavy (non-hydrogen) atoms. The molecule has 0 radical (unpaired) electrons. The molecule has 1 aliphatic rings. The molecule has 15 heteroatoms. The highest BCUT2D eigenvalue weighted by Gasteiger charge is 2.42. The summed E-state index contributed by atoms with van der Waals surface area (Å²) < 4.78 is 50.0. The van der Waals surface area contributed by atoms with Crippen molar-refractivity contribution in [3.63, 3.8) is 0 Å². The Bertz CT molecular complexity index is 963. The summed E-state index contributed by atoms with van der Waals surface area (Å²) in [6.07, 6.45) is -3.52. The van der Waals surface area contributed by atoms with Gasteiger partial charge in [-0.15, -0.1) is 0 Å². The van der Waals surface area contributed by atoms with Crippen LogP contribution < -0.4 is 25.6 Å². The molecule has 1 aromatic carbocycles. The molecule has 2 amide bonds. The zero-order valence-corrected chi connectivity index (χ0v) is 18.1. The molecule has 0 spiro atoms. The van der Waals surface area contributed by atoms with Gasteiger partial charge in [-0.3, -0.25) is 20.4 Å². The summed E-state index contributed by atoms with van der Waals surface area (Å²) in [5.41, 5.74) is 4.37. The van der Waals surface area contributed by atoms with Crippen LogP contribution in [-0.2, 0) is 23.9 Å². The predicted octanol–water partition coefficient (Wildman–Crippen LogP) is 0.312. The first-order chi connectivity index (χ1) is 16.5. The minimum atomic E-state index is -5.39. The van der Waals surface area contributed by atoms with Gasteiger partial charge in [-0.2, -0.15) is 13.2 Å². The van der Waals surface area contributed by atoms with Crippen LogP contribution in [0.15, 0.2) is 18.2 Å². The Morgan fingerprint density at radius 1 is 1.00 bits per heavy atom. The summed E-state index contributed by atoms with van der Waals surface area (Å²) in [6, 6.07) is 3.25. The molecule has 0 bridgehead atoms. The third-order valence-corrected chi connectivity index (χ3v) is 4.59. The van der Waals surface area contributed by atoms with Crippen molar-refractivity contribution < 1.29 is 56.5 Å². The summed E-state index contributed by atoms with van der Waals surface area (Å²) in [7, 11) is 0. The van der Waals surface area contributed by atoms with Crippen LogP contribution in [0.3, 0.4) is 0 Å². The van der Waals surface area contributed by atoms with E-state index in [1.165, 1.54) is 0 Å². The zero-order valence-electron chi connectivity index (χ0n) is 18.1. The molecule has 2 rings (SSSR count). The second-order valence-electron chi connectivity index (χ2n) is 7.29. The van der Waals surface area contributed by atoms with Crippen LogP contribution in [0, 0.1) is 5.92 Å². The Morgan fingerprint density at radius 3 is 2.29 bits per heavy atom. The Balaban J connectivity index is 1.99. The maximum Gasteiger partial charge on any atom is 0.491 e. The molecule has 1 aromatic rings. The lowest BCUT2D eigenvalue weighted by Crippen LogP contribution is -2.43. The van der Waals surface area contributed by atoms with Gasteiger partial charge in [0.1, 0.15) is 0 Å². The summed E-state index contributed by atoms with van der Waals surface area (Å²) in [4.78, 5) is 57.3. The lowest BCUT2D eigenvalue weighted by Gasteiger charge is -2.21. The topological polar surface area (TPSA) is 169 Å². The number of carbonyl (C=O) groups excluding carboxylic acids is 4. The van der Waals surface area contributed by atoms with Crippen LogP contribution in [0.1, 0.15) is 29.6 Å². The molecule has 1 heterocycles. The average molecular weight is 505 g/mol. The first-order valence-corrected chi connectivity index (χ1v) is 10.2. The SMILES string of the molecule is O=C(O)COc1cc(C(=O)NNC(=O)CC2CCNCC2)ccc1OCC(=O)OC(=O)C(F)(F)F. The number of ether oxygens (including phenoxy) is 3. The molecule has 192 valence electrons. The number of hydrogen-bond donors (Lipinski definition) is 4. The first kappa shape index (κ1) is 27.4. The molecular formula is C20H22F3N3O9. The maximum absolute atomic E-state index is 12.4. The normalized spacial score (nSPS) is 13.9. The highest BCUT2D eigenvalue weighted by molar-refractivity contribution is 5.96. The highest BCUT2D eigenvalue weighted by Crippen LogP contribution is 2.29. The number of nitrogens with one attached hydrogen (secondary N) is 3. The number of rotatable bonds is 9. The fourth-order valence-electron chi connectivity index (χ4n) is 2.95. The zero-order chi connectivity index (χ0) is 26.0. The van der Waals surface area contributed by atoms with Crippen LogP contribution in [0.5, 0.6) is 11.5 Å². The van der Waals surface area contributed by atoms with Crippen molar-refractivity contribution in [3.8, 4) is 11.5 Å². The van der Waals surface area contributed by atoms with Gasteiger partial charge < -0.3 is 24.6 Å². The molecule has 0 aromatic heterocycles. The number of hydrogen-bond acceptors (Lipinski definition) is 9. The minimum Gasteiger partial charge on any atom is -0.479 e. The second kappa shape index (κ2) is 12.5. The van der Waals surface area contributed by atoms with Crippen molar-refractivity contribution in [3.05, 3.63) is 23.8 Å². The number of carboxylic acids is 1. The van der Waals surface area contributed by atoms with Gasteiger partial charge in [0.05, 0.1) is 0 Å². The fourth-order valence-corrected chi connectivity index (χ4v) is 2.95. The van der Waals surface area contributed by atoms with E-state index in [1.54, 1.807) is 0 Å². The Labute approximate surface area is 196 Å². The molecule has 1 fully saturated rings. The van der Waals surface area contributed by atoms with Gasteiger partial charge >= 0.3 is 24.1 Å². The van der Waals surface area contributed by atoms with Gasteiger partial charge in [-0.05, 0) is 50.0 Å². The van der Waals surface area contributed by atoms with Crippen molar-refractivity contribution in [1.82, 2.24) is 16.2 Å². The number of piperidine rings is 1. The van der Waals surface area contributed by atoms with Crippen molar-refractivity contribution >= 4 is 29.7 Å². The molecule has 0 unspecified atom stereocenters. The molecule has 0 saturated carbocycles. The van der Waals surface area contributed by atoms with E-state index < -0.39 is 49.1 Å². The number of benzene rings is 1. The summed E-state index contributed by atoms with van der Waals surface area (Å²) in [5.74, 6) is -7.49. The van der Waals surface area contributed by atoms with E-state index in [1.807, 2.05) is 0 Å². The number of alkyl halides is 3. The Hall–Kier alpha value is -3.88. The van der Waals surface area contributed by atoms with E-state index in [9.17, 15) is 37.1 Å². The number of esters is 2. The lowest BCUT2D eigenvalue weighted by molar-refractivity contribution is -0.202. The Morgan fingerprint density at radius 2 is 1.66 bits per heavy atom. The van der Waals surface area contributed by atoms with Gasteiger partial charge in [-0.1, -0.05) is 0 Å². The largest absolute Gasteiger partial charge is 0.491 e. The van der Waals surface area contributed by atoms with Gasteiger partial charge in [0, 0.05) is 12.0 Å². The maximum atomic E-state index is 12.4. The Kier molecular flexibility index (Phi) is 9.81. The molecule has 0 atom stereocenters. The smallest absolute Gasteiger partial charge is 0.479 e. The number of hydrazine groups is 1. The number of amides is 2. The lowest BCUT2D eigenvalue weighted by atomic mass is 9.94. The van der Waals surface area contributed by atoms with E-state index in [4.69, 9.17) is 14.6 Å². The minimum absolute atomic E-state index is 0.102.